The SMILES string of the molecule is CN(Cc1nc2ccc(F)cc2[nH]1)C(=O)c1cnc(-c2cccnc2)[nH]c1=O. The van der Waals surface area contributed by atoms with Gasteiger partial charge in [0.15, 0.2) is 0 Å². The first-order valence-electron chi connectivity index (χ1n) is 8.40. The molecule has 0 aliphatic heterocycles. The Morgan fingerprint density at radius 1 is 1.21 bits per heavy atom. The van der Waals surface area contributed by atoms with Crippen molar-refractivity contribution < 1.29 is 9.18 Å². The van der Waals surface area contributed by atoms with Crippen molar-refractivity contribution >= 4 is 16.9 Å². The number of nitrogens with zero attached hydrogens (tertiary/aromatic N) is 4. The van der Waals surface area contributed by atoms with Crippen LogP contribution in [0.15, 0.2) is 53.7 Å². The number of nitrogens with one attached hydrogen (secondary N) is 2. The Kier molecular flexibility index (Phi) is 4.40. The molecule has 9 heteroatoms. The van der Waals surface area contributed by atoms with Crippen LogP contribution in [-0.2, 0) is 6.54 Å². The average Bonchev–Trinajstić information content (AvgIpc) is 3.09. The summed E-state index contributed by atoms with van der Waals surface area (Å²) in [4.78, 5) is 44.4. The molecule has 3 aromatic heterocycles. The molecule has 1 aromatic carbocycles. The minimum atomic E-state index is -0.544. The van der Waals surface area contributed by atoms with Gasteiger partial charge in [-0.15, -0.1) is 0 Å². The summed E-state index contributed by atoms with van der Waals surface area (Å²) >= 11 is 0. The fourth-order valence-corrected chi connectivity index (χ4v) is 2.81. The van der Waals surface area contributed by atoms with Crippen molar-refractivity contribution in [3.8, 4) is 11.4 Å². The summed E-state index contributed by atoms with van der Waals surface area (Å²) in [5.74, 6) is -0.0685. The fourth-order valence-electron chi connectivity index (χ4n) is 2.81. The molecule has 3 heterocycles. The number of H-pyrrole nitrogens is 2. The zero-order chi connectivity index (χ0) is 19.7. The van der Waals surface area contributed by atoms with E-state index in [1.807, 2.05) is 0 Å². The Morgan fingerprint density at radius 3 is 2.82 bits per heavy atom. The van der Waals surface area contributed by atoms with Crippen LogP contribution in [0.1, 0.15) is 16.2 Å². The van der Waals surface area contributed by atoms with E-state index in [1.165, 1.54) is 23.2 Å². The lowest BCUT2D eigenvalue weighted by Crippen LogP contribution is -2.32. The molecule has 140 valence electrons. The van der Waals surface area contributed by atoms with Crippen LogP contribution >= 0.6 is 0 Å². The van der Waals surface area contributed by atoms with E-state index in [4.69, 9.17) is 0 Å². The molecule has 0 aliphatic carbocycles. The zero-order valence-electron chi connectivity index (χ0n) is 14.8. The maximum Gasteiger partial charge on any atom is 0.264 e. The van der Waals surface area contributed by atoms with Crippen molar-refractivity contribution in [2.75, 3.05) is 7.05 Å². The molecule has 4 rings (SSSR count). The lowest BCUT2D eigenvalue weighted by atomic mass is 10.2. The number of fused-ring (bicyclic) bond motifs is 1. The van der Waals surface area contributed by atoms with E-state index < -0.39 is 11.5 Å². The fraction of sp³-hybridized carbons (Fsp3) is 0.105. The second kappa shape index (κ2) is 7.03. The molecule has 0 unspecified atom stereocenters. The van der Waals surface area contributed by atoms with Gasteiger partial charge in [0.25, 0.3) is 11.5 Å². The minimum absolute atomic E-state index is 0.0858. The molecule has 0 saturated heterocycles. The van der Waals surface area contributed by atoms with E-state index in [9.17, 15) is 14.0 Å². The van der Waals surface area contributed by atoms with E-state index in [2.05, 4.69) is 24.9 Å². The predicted octanol–water partition coefficient (Wildman–Crippen LogP) is 2.12. The Bertz CT molecular complexity index is 1220. The zero-order valence-corrected chi connectivity index (χ0v) is 14.8. The van der Waals surface area contributed by atoms with E-state index >= 15 is 0 Å². The van der Waals surface area contributed by atoms with Gasteiger partial charge in [0.2, 0.25) is 0 Å². The third-order valence-corrected chi connectivity index (χ3v) is 4.19. The minimum Gasteiger partial charge on any atom is -0.340 e. The molecule has 0 spiro atoms. The van der Waals surface area contributed by atoms with Gasteiger partial charge in [0.05, 0.1) is 17.6 Å². The van der Waals surface area contributed by atoms with Crippen molar-refractivity contribution in [1.29, 1.82) is 0 Å². The molecule has 4 aromatic rings. The van der Waals surface area contributed by atoms with Gasteiger partial charge in [0, 0.05) is 31.2 Å². The molecule has 2 N–H and O–H groups in total. The van der Waals surface area contributed by atoms with Gasteiger partial charge < -0.3 is 14.9 Å². The predicted molar refractivity (Wildman–Crippen MR) is 99.9 cm³/mol. The van der Waals surface area contributed by atoms with Gasteiger partial charge in [-0.3, -0.25) is 14.6 Å². The first-order valence-corrected chi connectivity index (χ1v) is 8.40. The van der Waals surface area contributed by atoms with E-state index in [0.29, 0.717) is 28.2 Å². The third kappa shape index (κ3) is 3.37. The van der Waals surface area contributed by atoms with Gasteiger partial charge in [-0.25, -0.2) is 14.4 Å². The second-order valence-electron chi connectivity index (χ2n) is 6.22. The Labute approximate surface area is 158 Å². The molecular weight excluding hydrogens is 363 g/mol. The van der Waals surface area contributed by atoms with Crippen LogP contribution in [0.4, 0.5) is 4.39 Å². The van der Waals surface area contributed by atoms with Gasteiger partial charge in [0.1, 0.15) is 23.0 Å². The summed E-state index contributed by atoms with van der Waals surface area (Å²) in [6, 6.07) is 7.68. The number of rotatable bonds is 4. The molecule has 0 saturated carbocycles. The number of imidazole rings is 1. The van der Waals surface area contributed by atoms with Crippen LogP contribution in [0, 0.1) is 5.82 Å². The number of pyridine rings is 1. The van der Waals surface area contributed by atoms with Crippen LogP contribution in [0.3, 0.4) is 0 Å². The Balaban J connectivity index is 1.55. The first kappa shape index (κ1) is 17.5. The van der Waals surface area contributed by atoms with Crippen LogP contribution in [0.25, 0.3) is 22.4 Å². The smallest absolute Gasteiger partial charge is 0.264 e. The van der Waals surface area contributed by atoms with Gasteiger partial charge in [-0.2, -0.15) is 0 Å². The molecule has 0 atom stereocenters. The standard InChI is InChI=1S/C19H15FN6O2/c1-26(10-16-23-14-5-4-12(20)7-15(14)24-16)19(28)13-9-22-17(25-18(13)27)11-3-2-6-21-8-11/h2-9H,10H2,1H3,(H,23,24)(H,22,25,27). The van der Waals surface area contributed by atoms with E-state index in [1.54, 1.807) is 37.6 Å². The van der Waals surface area contributed by atoms with Crippen molar-refractivity contribution in [3.05, 3.63) is 76.5 Å². The van der Waals surface area contributed by atoms with E-state index in [0.717, 1.165) is 0 Å². The topological polar surface area (TPSA) is 108 Å². The highest BCUT2D eigenvalue weighted by Crippen LogP contribution is 2.15. The second-order valence-corrected chi connectivity index (χ2v) is 6.22. The molecule has 1 amide bonds. The van der Waals surface area contributed by atoms with Crippen molar-refractivity contribution in [1.82, 2.24) is 29.8 Å². The normalized spacial score (nSPS) is 10.9. The van der Waals surface area contributed by atoms with Gasteiger partial charge in [-0.1, -0.05) is 0 Å². The number of carbonyl (C=O) groups is 1. The molecule has 0 bridgehead atoms. The maximum absolute atomic E-state index is 13.3. The maximum atomic E-state index is 13.3. The monoisotopic (exact) mass is 378 g/mol. The lowest BCUT2D eigenvalue weighted by molar-refractivity contribution is 0.0779. The number of amides is 1. The number of hydrogen-bond donors (Lipinski definition) is 2. The number of hydrogen-bond acceptors (Lipinski definition) is 5. The molecule has 0 aliphatic rings. The molecule has 0 radical (unpaired) electrons. The summed E-state index contributed by atoms with van der Waals surface area (Å²) in [5, 5.41) is 0. The molecular formula is C19H15FN6O2. The van der Waals surface area contributed by atoms with Crippen LogP contribution in [0.2, 0.25) is 0 Å². The van der Waals surface area contributed by atoms with Gasteiger partial charge >= 0.3 is 0 Å². The van der Waals surface area contributed by atoms with E-state index in [-0.39, 0.29) is 17.9 Å². The van der Waals surface area contributed by atoms with Crippen LogP contribution in [0.5, 0.6) is 0 Å². The summed E-state index contributed by atoms with van der Waals surface area (Å²) in [7, 11) is 1.55. The molecule has 28 heavy (non-hydrogen) atoms. The highest BCUT2D eigenvalue weighted by atomic mass is 19.1. The van der Waals surface area contributed by atoms with Crippen molar-refractivity contribution in [3.63, 3.8) is 0 Å². The highest BCUT2D eigenvalue weighted by molar-refractivity contribution is 5.93. The summed E-state index contributed by atoms with van der Waals surface area (Å²) in [6.07, 6.45) is 4.42. The number of benzene rings is 1. The quantitative estimate of drug-likeness (QED) is 0.566. The number of aromatic nitrogens is 5. The number of aromatic amines is 2. The van der Waals surface area contributed by atoms with Gasteiger partial charge in [-0.05, 0) is 30.3 Å². The van der Waals surface area contributed by atoms with Crippen molar-refractivity contribution in [2.24, 2.45) is 0 Å². The lowest BCUT2D eigenvalue weighted by Gasteiger charge is -2.15. The highest BCUT2D eigenvalue weighted by Gasteiger charge is 2.18. The average molecular weight is 378 g/mol. The van der Waals surface area contributed by atoms with Crippen molar-refractivity contribution in [2.45, 2.75) is 6.54 Å². The largest absolute Gasteiger partial charge is 0.340 e. The van der Waals surface area contributed by atoms with Crippen LogP contribution < -0.4 is 5.56 Å². The number of halogens is 1. The Morgan fingerprint density at radius 2 is 2.07 bits per heavy atom. The summed E-state index contributed by atoms with van der Waals surface area (Å²) in [6.45, 7) is 0.124. The number of carbonyl (C=O) groups excluding carboxylic acids is 1. The summed E-state index contributed by atoms with van der Waals surface area (Å²) in [5.41, 5.74) is 1.14. The Hall–Kier alpha value is -3.88. The van der Waals surface area contributed by atoms with Crippen LogP contribution in [-0.4, -0.2) is 42.8 Å². The molecule has 8 nitrogen and oxygen atoms in total. The summed E-state index contributed by atoms with van der Waals surface area (Å²) < 4.78 is 13.3. The molecule has 0 fully saturated rings. The first-order chi connectivity index (χ1) is 13.5. The third-order valence-electron chi connectivity index (χ3n) is 4.19.